The van der Waals surface area contributed by atoms with Gasteiger partial charge in [-0.2, -0.15) is 18.2 Å². The summed E-state index contributed by atoms with van der Waals surface area (Å²) >= 11 is 12.0. The summed E-state index contributed by atoms with van der Waals surface area (Å²) in [4.78, 5) is 12.3. The maximum Gasteiger partial charge on any atom is 0.421 e. The van der Waals surface area contributed by atoms with Crippen molar-refractivity contribution in [3.8, 4) is 0 Å². The molecule has 1 N–H and O–H groups in total. The molecule has 2 aliphatic heterocycles. The first-order chi connectivity index (χ1) is 14.3. The van der Waals surface area contributed by atoms with Crippen LogP contribution in [0.15, 0.2) is 24.4 Å². The largest absolute Gasteiger partial charge is 0.421 e. The molecule has 2 aromatic rings. The number of benzene rings is 1. The number of halogens is 5. The van der Waals surface area contributed by atoms with E-state index in [9.17, 15) is 13.2 Å². The van der Waals surface area contributed by atoms with Crippen LogP contribution in [0.2, 0.25) is 10.0 Å². The number of aromatic nitrogens is 2. The molecule has 3 heterocycles. The van der Waals surface area contributed by atoms with E-state index < -0.39 is 11.7 Å². The van der Waals surface area contributed by atoms with Gasteiger partial charge >= 0.3 is 6.18 Å². The van der Waals surface area contributed by atoms with Gasteiger partial charge in [-0.3, -0.25) is 0 Å². The zero-order chi connectivity index (χ0) is 21.3. The Balaban J connectivity index is 1.63. The fraction of sp³-hybridized carbons (Fsp3) is 0.500. The van der Waals surface area contributed by atoms with Gasteiger partial charge in [-0.1, -0.05) is 23.2 Å². The van der Waals surface area contributed by atoms with Crippen molar-refractivity contribution in [2.45, 2.75) is 37.9 Å². The van der Waals surface area contributed by atoms with Crippen molar-refractivity contribution in [1.82, 2.24) is 14.9 Å². The average molecular weight is 460 g/mol. The van der Waals surface area contributed by atoms with Crippen LogP contribution in [0.4, 0.5) is 30.6 Å². The molecule has 0 saturated carbocycles. The molecule has 0 aliphatic carbocycles. The van der Waals surface area contributed by atoms with Gasteiger partial charge in [0.1, 0.15) is 11.4 Å². The van der Waals surface area contributed by atoms with Crippen LogP contribution in [0.25, 0.3) is 0 Å². The van der Waals surface area contributed by atoms with Gasteiger partial charge in [-0.05, 0) is 57.0 Å². The van der Waals surface area contributed by atoms with E-state index in [1.807, 2.05) is 0 Å². The number of nitrogens with zero attached hydrogens (tertiary/aromatic N) is 4. The van der Waals surface area contributed by atoms with E-state index in [2.05, 4.69) is 20.2 Å². The maximum absolute atomic E-state index is 13.7. The predicted octanol–water partition coefficient (Wildman–Crippen LogP) is 5.61. The van der Waals surface area contributed by atoms with E-state index >= 15 is 0 Å². The second-order valence-electron chi connectivity index (χ2n) is 7.68. The highest BCUT2D eigenvalue weighted by atomic mass is 35.5. The molecular formula is C20H22Cl2F3N5. The minimum atomic E-state index is -4.53. The van der Waals surface area contributed by atoms with E-state index in [1.165, 1.54) is 0 Å². The molecule has 2 fully saturated rings. The molecule has 0 bridgehead atoms. The molecule has 30 heavy (non-hydrogen) atoms. The third-order valence-electron chi connectivity index (χ3n) is 5.57. The number of alkyl halides is 3. The Morgan fingerprint density at radius 1 is 1.07 bits per heavy atom. The van der Waals surface area contributed by atoms with Crippen LogP contribution in [0, 0.1) is 0 Å². The topological polar surface area (TPSA) is 44.3 Å². The average Bonchev–Trinajstić information content (AvgIpc) is 3.36. The van der Waals surface area contributed by atoms with Crippen LogP contribution in [0.5, 0.6) is 0 Å². The van der Waals surface area contributed by atoms with E-state index in [0.717, 1.165) is 51.5 Å². The number of rotatable bonds is 5. The highest BCUT2D eigenvalue weighted by Crippen LogP contribution is 2.38. The molecule has 1 aromatic heterocycles. The molecule has 162 valence electrons. The lowest BCUT2D eigenvalue weighted by Crippen LogP contribution is -2.40. The van der Waals surface area contributed by atoms with E-state index in [4.69, 9.17) is 23.2 Å². The summed E-state index contributed by atoms with van der Waals surface area (Å²) in [5, 5.41) is 3.65. The fourth-order valence-corrected chi connectivity index (χ4v) is 4.42. The third kappa shape index (κ3) is 4.76. The van der Waals surface area contributed by atoms with Crippen LogP contribution in [-0.2, 0) is 6.18 Å². The highest BCUT2D eigenvalue weighted by molar-refractivity contribution is 6.42. The van der Waals surface area contributed by atoms with Crippen molar-refractivity contribution in [3.63, 3.8) is 0 Å². The van der Waals surface area contributed by atoms with Gasteiger partial charge in [-0.15, -0.1) is 0 Å². The van der Waals surface area contributed by atoms with Crippen molar-refractivity contribution in [1.29, 1.82) is 0 Å². The van der Waals surface area contributed by atoms with Crippen LogP contribution in [0.1, 0.15) is 31.2 Å². The molecule has 10 heteroatoms. The number of anilines is 3. The van der Waals surface area contributed by atoms with Crippen molar-refractivity contribution < 1.29 is 13.2 Å². The Morgan fingerprint density at radius 2 is 1.83 bits per heavy atom. The van der Waals surface area contributed by atoms with Gasteiger partial charge in [0.25, 0.3) is 0 Å². The Kier molecular flexibility index (Phi) is 6.27. The van der Waals surface area contributed by atoms with Gasteiger partial charge in [0.05, 0.1) is 10.0 Å². The Morgan fingerprint density at radius 3 is 2.53 bits per heavy atom. The molecule has 0 radical (unpaired) electrons. The van der Waals surface area contributed by atoms with Crippen LogP contribution in [0.3, 0.4) is 0 Å². The minimum Gasteiger partial charge on any atom is -0.352 e. The van der Waals surface area contributed by atoms with Crippen LogP contribution < -0.4 is 10.2 Å². The molecule has 0 spiro atoms. The molecule has 1 atom stereocenters. The molecule has 1 aromatic carbocycles. The first-order valence-corrected chi connectivity index (χ1v) is 10.7. The summed E-state index contributed by atoms with van der Waals surface area (Å²) in [6.07, 6.45) is 0.311. The number of hydrogen-bond donors (Lipinski definition) is 1. The molecule has 4 rings (SSSR count). The molecule has 1 unspecified atom stereocenters. The summed E-state index contributed by atoms with van der Waals surface area (Å²) < 4.78 is 41.2. The van der Waals surface area contributed by atoms with E-state index in [0.29, 0.717) is 22.3 Å². The molecule has 2 aliphatic rings. The van der Waals surface area contributed by atoms with E-state index in [1.54, 1.807) is 23.1 Å². The highest BCUT2D eigenvalue weighted by Gasteiger charge is 2.39. The summed E-state index contributed by atoms with van der Waals surface area (Å²) in [7, 11) is 0. The number of hydrogen-bond acceptors (Lipinski definition) is 5. The zero-order valence-corrected chi connectivity index (χ0v) is 17.7. The fourth-order valence-electron chi connectivity index (χ4n) is 4.12. The molecule has 5 nitrogen and oxygen atoms in total. The van der Waals surface area contributed by atoms with Crippen LogP contribution in [-0.4, -0.2) is 47.1 Å². The van der Waals surface area contributed by atoms with Crippen molar-refractivity contribution >= 4 is 40.7 Å². The summed E-state index contributed by atoms with van der Waals surface area (Å²) in [6.45, 7) is 3.32. The predicted molar refractivity (Wildman–Crippen MR) is 113 cm³/mol. The maximum atomic E-state index is 13.7. The van der Waals surface area contributed by atoms with Gasteiger partial charge in [-0.25, -0.2) is 4.98 Å². The Bertz CT molecular complexity index is 902. The third-order valence-corrected chi connectivity index (χ3v) is 6.31. The van der Waals surface area contributed by atoms with Gasteiger partial charge in [0.15, 0.2) is 0 Å². The zero-order valence-electron chi connectivity index (χ0n) is 16.2. The lowest BCUT2D eigenvalue weighted by atomic mass is 10.2. The minimum absolute atomic E-state index is 0.0110. The Hall–Kier alpha value is -1.77. The lowest BCUT2D eigenvalue weighted by molar-refractivity contribution is -0.137. The van der Waals surface area contributed by atoms with Crippen LogP contribution >= 0.6 is 23.2 Å². The Labute approximate surface area is 183 Å². The monoisotopic (exact) mass is 459 g/mol. The van der Waals surface area contributed by atoms with Gasteiger partial charge in [0, 0.05) is 31.0 Å². The normalized spacial score (nSPS) is 20.2. The second-order valence-corrected chi connectivity index (χ2v) is 8.49. The van der Waals surface area contributed by atoms with Gasteiger partial charge in [0.2, 0.25) is 5.95 Å². The molecule has 2 saturated heterocycles. The molecule has 0 amide bonds. The quantitative estimate of drug-likeness (QED) is 0.629. The smallest absolute Gasteiger partial charge is 0.352 e. The van der Waals surface area contributed by atoms with E-state index in [-0.39, 0.29) is 17.8 Å². The standard InChI is InChI=1S/C20H22Cl2F3N5/c21-16-6-5-13(10-17(16)22)27-19-26-11-15(20(23,24)25)18(28-19)30-9-3-4-14(30)12-29-7-1-2-8-29/h5-6,10-11,14H,1-4,7-9,12H2,(H,26,27,28). The molecular weight excluding hydrogens is 438 g/mol. The summed E-state index contributed by atoms with van der Waals surface area (Å²) in [6, 6.07) is 4.86. The van der Waals surface area contributed by atoms with Crippen molar-refractivity contribution in [2.24, 2.45) is 0 Å². The number of likely N-dealkylation sites (tertiary alicyclic amines) is 1. The number of nitrogens with one attached hydrogen (secondary N) is 1. The van der Waals surface area contributed by atoms with Gasteiger partial charge < -0.3 is 15.1 Å². The summed E-state index contributed by atoms with van der Waals surface area (Å²) in [5.41, 5.74) is -0.263. The summed E-state index contributed by atoms with van der Waals surface area (Å²) in [5.74, 6) is 0.0185. The second kappa shape index (κ2) is 8.77. The first-order valence-electron chi connectivity index (χ1n) is 9.96. The van der Waals surface area contributed by atoms with Crippen molar-refractivity contribution in [3.05, 3.63) is 40.0 Å². The van der Waals surface area contributed by atoms with Crippen molar-refractivity contribution in [2.75, 3.05) is 36.4 Å². The SMILES string of the molecule is FC(F)(F)c1cnc(Nc2ccc(Cl)c(Cl)c2)nc1N1CCCC1CN1CCCC1. The first kappa shape index (κ1) is 21.5. The lowest BCUT2D eigenvalue weighted by Gasteiger charge is -2.31.